The van der Waals surface area contributed by atoms with Crippen molar-refractivity contribution in [2.45, 2.75) is 22.9 Å². The van der Waals surface area contributed by atoms with Crippen molar-refractivity contribution in [1.29, 1.82) is 0 Å². The predicted octanol–water partition coefficient (Wildman–Crippen LogP) is 5.92. The zero-order valence-electron chi connectivity index (χ0n) is 16.6. The molecule has 6 nitrogen and oxygen atoms in total. The lowest BCUT2D eigenvalue weighted by Gasteiger charge is -2.17. The molecule has 13 heteroatoms. The molecule has 0 spiro atoms. The highest BCUT2D eigenvalue weighted by Gasteiger charge is 2.34. The third-order valence-electron chi connectivity index (χ3n) is 4.39. The first-order chi connectivity index (χ1) is 15.2. The van der Waals surface area contributed by atoms with Crippen LogP contribution in [0.1, 0.15) is 11.1 Å². The Bertz CT molecular complexity index is 1410. The summed E-state index contributed by atoms with van der Waals surface area (Å²) < 4.78 is 95.0. The summed E-state index contributed by atoms with van der Waals surface area (Å²) in [5.74, 6) is 0. The number of anilines is 2. The van der Waals surface area contributed by atoms with Gasteiger partial charge in [-0.1, -0.05) is 41.4 Å². The third-order valence-corrected chi connectivity index (χ3v) is 7.88. The van der Waals surface area contributed by atoms with Crippen LogP contribution in [0.2, 0.25) is 10.0 Å². The molecule has 0 bridgehead atoms. The van der Waals surface area contributed by atoms with E-state index in [0.717, 1.165) is 12.1 Å². The van der Waals surface area contributed by atoms with Gasteiger partial charge in [0.15, 0.2) is 0 Å². The molecule has 0 unspecified atom stereocenters. The average molecular weight is 539 g/mol. The molecule has 0 radical (unpaired) electrons. The number of hydrogen-bond acceptors (Lipinski definition) is 4. The van der Waals surface area contributed by atoms with Crippen LogP contribution in [0, 0.1) is 6.92 Å². The van der Waals surface area contributed by atoms with Crippen molar-refractivity contribution < 1.29 is 30.0 Å². The van der Waals surface area contributed by atoms with Gasteiger partial charge in [-0.05, 0) is 55.0 Å². The zero-order valence-corrected chi connectivity index (χ0v) is 19.8. The molecular formula is C20H15Cl2F3N2O4S2. The van der Waals surface area contributed by atoms with Crippen LogP contribution >= 0.6 is 23.2 Å². The highest BCUT2D eigenvalue weighted by atomic mass is 35.5. The first-order valence-electron chi connectivity index (χ1n) is 8.98. The minimum atomic E-state index is -4.88. The minimum Gasteiger partial charge on any atom is -0.277 e. The van der Waals surface area contributed by atoms with Crippen molar-refractivity contribution in [3.8, 4) is 0 Å². The molecule has 0 amide bonds. The fourth-order valence-corrected chi connectivity index (χ4v) is 5.32. The number of hydrogen-bond donors (Lipinski definition) is 2. The van der Waals surface area contributed by atoms with Gasteiger partial charge >= 0.3 is 6.18 Å². The van der Waals surface area contributed by atoms with Crippen LogP contribution in [0.15, 0.2) is 70.5 Å². The molecule has 0 heterocycles. The number of halogens is 5. The summed E-state index contributed by atoms with van der Waals surface area (Å²) in [6, 6.07) is 11.8. The fourth-order valence-electron chi connectivity index (χ4n) is 2.75. The minimum absolute atomic E-state index is 0.0944. The Kier molecular flexibility index (Phi) is 6.90. The summed E-state index contributed by atoms with van der Waals surface area (Å²) in [6.45, 7) is 1.54. The highest BCUT2D eigenvalue weighted by Crippen LogP contribution is 2.37. The van der Waals surface area contributed by atoms with Gasteiger partial charge in [-0.15, -0.1) is 0 Å². The van der Waals surface area contributed by atoms with Crippen LogP contribution in [0.4, 0.5) is 24.5 Å². The van der Waals surface area contributed by atoms with Crippen LogP contribution < -0.4 is 9.44 Å². The van der Waals surface area contributed by atoms with Gasteiger partial charge < -0.3 is 0 Å². The molecule has 3 aromatic carbocycles. The SMILES string of the molecule is Cc1cc(NS(=O)(=O)c2ccc(Cl)c(C(F)(F)F)c2)c(NS(=O)(=O)c2ccccc2)cc1Cl. The maximum Gasteiger partial charge on any atom is 0.417 e. The quantitative estimate of drug-likeness (QED) is 0.407. The Morgan fingerprint density at radius 2 is 1.27 bits per heavy atom. The summed E-state index contributed by atoms with van der Waals surface area (Å²) >= 11 is 11.6. The van der Waals surface area contributed by atoms with Gasteiger partial charge in [0, 0.05) is 5.02 Å². The number of aryl methyl sites for hydroxylation is 1. The first kappa shape index (κ1) is 25.2. The molecule has 0 saturated carbocycles. The Morgan fingerprint density at radius 1 is 0.727 bits per heavy atom. The normalized spacial score (nSPS) is 12.4. The van der Waals surface area contributed by atoms with E-state index in [2.05, 4.69) is 9.44 Å². The predicted molar refractivity (Wildman–Crippen MR) is 121 cm³/mol. The van der Waals surface area contributed by atoms with E-state index in [1.54, 1.807) is 13.0 Å². The molecule has 0 aromatic heterocycles. The Hall–Kier alpha value is -2.47. The summed E-state index contributed by atoms with van der Waals surface area (Å²) in [6.07, 6.45) is -4.88. The number of alkyl halides is 3. The summed E-state index contributed by atoms with van der Waals surface area (Å²) in [4.78, 5) is -0.813. The van der Waals surface area contributed by atoms with E-state index in [9.17, 15) is 30.0 Å². The Balaban J connectivity index is 2.05. The van der Waals surface area contributed by atoms with Crippen LogP contribution in [0.5, 0.6) is 0 Å². The standard InChI is InChI=1S/C20H15Cl2F3N2O4S2/c1-12-9-18(19(11-17(12)22)27-32(28,29)13-5-3-2-4-6-13)26-33(30,31)14-7-8-16(21)15(10-14)20(23,24)25/h2-11,26-27H,1H3. The number of sulfonamides is 2. The maximum atomic E-state index is 13.2. The smallest absolute Gasteiger partial charge is 0.277 e. The van der Waals surface area contributed by atoms with Crippen molar-refractivity contribution in [2.75, 3.05) is 9.44 Å². The lowest BCUT2D eigenvalue weighted by molar-refractivity contribution is -0.137. The molecule has 33 heavy (non-hydrogen) atoms. The summed E-state index contributed by atoms with van der Waals surface area (Å²) in [5.41, 5.74) is -1.39. The maximum absolute atomic E-state index is 13.2. The lowest BCUT2D eigenvalue weighted by atomic mass is 10.2. The fraction of sp³-hybridized carbons (Fsp3) is 0.100. The van der Waals surface area contributed by atoms with Crippen LogP contribution in [0.25, 0.3) is 0 Å². The lowest BCUT2D eigenvalue weighted by Crippen LogP contribution is -2.18. The summed E-state index contributed by atoms with van der Waals surface area (Å²) in [7, 11) is -8.70. The van der Waals surface area contributed by atoms with E-state index in [4.69, 9.17) is 23.2 Å². The van der Waals surface area contributed by atoms with Gasteiger partial charge in [-0.25, -0.2) is 16.8 Å². The molecule has 176 valence electrons. The topological polar surface area (TPSA) is 92.3 Å². The van der Waals surface area contributed by atoms with Gasteiger partial charge in [0.2, 0.25) is 0 Å². The molecule has 3 rings (SSSR count). The van der Waals surface area contributed by atoms with Crippen LogP contribution in [0.3, 0.4) is 0 Å². The van der Waals surface area contributed by atoms with Gasteiger partial charge in [0.1, 0.15) is 0 Å². The first-order valence-corrected chi connectivity index (χ1v) is 12.7. The average Bonchev–Trinajstić information content (AvgIpc) is 2.71. The molecule has 0 aliphatic carbocycles. The monoisotopic (exact) mass is 538 g/mol. The number of nitrogens with one attached hydrogen (secondary N) is 2. The number of benzene rings is 3. The largest absolute Gasteiger partial charge is 0.417 e. The van der Waals surface area contributed by atoms with E-state index < -0.39 is 41.7 Å². The van der Waals surface area contributed by atoms with E-state index in [1.165, 1.54) is 36.4 Å². The van der Waals surface area contributed by atoms with Gasteiger partial charge in [0.25, 0.3) is 20.0 Å². The molecule has 3 aromatic rings. The van der Waals surface area contributed by atoms with Crippen molar-refractivity contribution in [1.82, 2.24) is 0 Å². The van der Waals surface area contributed by atoms with Crippen molar-refractivity contribution in [2.24, 2.45) is 0 Å². The van der Waals surface area contributed by atoms with Crippen LogP contribution in [-0.2, 0) is 26.2 Å². The number of rotatable bonds is 6. The zero-order chi connectivity index (χ0) is 24.6. The second-order valence-corrected chi connectivity index (χ2v) is 11.0. The van der Waals surface area contributed by atoms with Gasteiger partial charge in [0.05, 0.1) is 31.8 Å². The Labute approximate surface area is 198 Å². The summed E-state index contributed by atoms with van der Waals surface area (Å²) in [5, 5.41) is -0.533. The second kappa shape index (κ2) is 9.05. The molecule has 0 atom stereocenters. The highest BCUT2D eigenvalue weighted by molar-refractivity contribution is 7.93. The van der Waals surface area contributed by atoms with E-state index in [1.807, 2.05) is 0 Å². The van der Waals surface area contributed by atoms with Crippen LogP contribution in [-0.4, -0.2) is 16.8 Å². The molecule has 0 aliphatic heterocycles. The van der Waals surface area contributed by atoms with Gasteiger partial charge in [-0.3, -0.25) is 9.44 Å². The second-order valence-electron chi connectivity index (χ2n) is 6.81. The van der Waals surface area contributed by atoms with E-state index in [0.29, 0.717) is 11.6 Å². The molecule has 0 saturated heterocycles. The molecule has 0 aliphatic rings. The Morgan fingerprint density at radius 3 is 1.85 bits per heavy atom. The van der Waals surface area contributed by atoms with Crippen molar-refractivity contribution in [3.05, 3.63) is 81.8 Å². The van der Waals surface area contributed by atoms with Crippen molar-refractivity contribution >= 4 is 54.6 Å². The van der Waals surface area contributed by atoms with E-state index >= 15 is 0 Å². The third kappa shape index (κ3) is 5.72. The molecular weight excluding hydrogens is 524 g/mol. The molecule has 2 N–H and O–H groups in total. The van der Waals surface area contributed by atoms with E-state index in [-0.39, 0.29) is 21.3 Å². The molecule has 0 fully saturated rings. The van der Waals surface area contributed by atoms with Crippen molar-refractivity contribution in [3.63, 3.8) is 0 Å². The van der Waals surface area contributed by atoms with Gasteiger partial charge in [-0.2, -0.15) is 13.2 Å².